The molecule has 6 heteroatoms. The van der Waals surface area contributed by atoms with Gasteiger partial charge in [-0.25, -0.2) is 0 Å². The molecule has 0 saturated carbocycles. The van der Waals surface area contributed by atoms with Gasteiger partial charge in [0.1, 0.15) is 0 Å². The zero-order valence-corrected chi connectivity index (χ0v) is 14.2. The van der Waals surface area contributed by atoms with Gasteiger partial charge in [-0.1, -0.05) is 27.5 Å². The molecule has 0 aromatic heterocycles. The number of benzene rings is 1. The summed E-state index contributed by atoms with van der Waals surface area (Å²) in [5.41, 5.74) is 1.18. The lowest BCUT2D eigenvalue weighted by atomic mass is 10.1. The molecule has 2 N–H and O–H groups in total. The molecule has 1 rings (SSSR count). The smallest absolute Gasteiger partial charge is 0.191 e. The van der Waals surface area contributed by atoms with Gasteiger partial charge in [-0.05, 0) is 37.1 Å². The van der Waals surface area contributed by atoms with Crippen molar-refractivity contribution >= 4 is 33.5 Å². The Balaban J connectivity index is 2.47. The standard InChI is InChI=1S/C14H21BrClN3O/c1-3-17-14(19-8-9-20-2)18-7-6-11-10-12(16)4-5-13(11)15/h4-5,10H,3,6-9H2,1-2H3,(H2,17,18,19). The maximum Gasteiger partial charge on any atom is 0.191 e. The maximum atomic E-state index is 6.00. The fourth-order valence-electron chi connectivity index (χ4n) is 1.64. The van der Waals surface area contributed by atoms with Gasteiger partial charge in [0.05, 0.1) is 13.2 Å². The van der Waals surface area contributed by atoms with Crippen LogP contribution in [0.5, 0.6) is 0 Å². The molecule has 0 fully saturated rings. The molecule has 0 amide bonds. The zero-order valence-electron chi connectivity index (χ0n) is 11.9. The lowest BCUT2D eigenvalue weighted by molar-refractivity contribution is 0.208. The molecule has 1 aromatic rings. The lowest BCUT2D eigenvalue weighted by Crippen LogP contribution is -2.38. The number of guanidine groups is 1. The largest absolute Gasteiger partial charge is 0.383 e. The molecule has 0 aliphatic carbocycles. The van der Waals surface area contributed by atoms with E-state index in [1.54, 1.807) is 7.11 Å². The van der Waals surface area contributed by atoms with Crippen molar-refractivity contribution in [3.63, 3.8) is 0 Å². The Morgan fingerprint density at radius 3 is 2.90 bits per heavy atom. The number of nitrogens with zero attached hydrogens (tertiary/aromatic N) is 1. The summed E-state index contributed by atoms with van der Waals surface area (Å²) in [6, 6.07) is 5.82. The maximum absolute atomic E-state index is 6.00. The Morgan fingerprint density at radius 2 is 2.20 bits per heavy atom. The summed E-state index contributed by atoms with van der Waals surface area (Å²) in [7, 11) is 1.67. The minimum Gasteiger partial charge on any atom is -0.383 e. The summed E-state index contributed by atoms with van der Waals surface area (Å²) in [4.78, 5) is 4.41. The fraction of sp³-hybridized carbons (Fsp3) is 0.500. The van der Waals surface area contributed by atoms with Crippen LogP contribution in [-0.4, -0.2) is 39.3 Å². The van der Waals surface area contributed by atoms with Crippen LogP contribution in [0.3, 0.4) is 0 Å². The summed E-state index contributed by atoms with van der Waals surface area (Å²) in [5, 5.41) is 7.25. The zero-order chi connectivity index (χ0) is 14.8. The molecular weight excluding hydrogens is 342 g/mol. The van der Waals surface area contributed by atoms with Gasteiger partial charge < -0.3 is 15.4 Å². The summed E-state index contributed by atoms with van der Waals surface area (Å²) in [6.45, 7) is 4.93. The monoisotopic (exact) mass is 361 g/mol. The molecule has 4 nitrogen and oxygen atoms in total. The van der Waals surface area contributed by atoms with Crippen LogP contribution >= 0.6 is 27.5 Å². The van der Waals surface area contributed by atoms with E-state index in [0.717, 1.165) is 35.0 Å². The van der Waals surface area contributed by atoms with Crippen molar-refractivity contribution < 1.29 is 4.74 Å². The van der Waals surface area contributed by atoms with Crippen molar-refractivity contribution in [2.75, 3.05) is 33.4 Å². The van der Waals surface area contributed by atoms with Crippen molar-refractivity contribution in [3.8, 4) is 0 Å². The van der Waals surface area contributed by atoms with Crippen LogP contribution < -0.4 is 10.6 Å². The van der Waals surface area contributed by atoms with Gasteiger partial charge in [0, 0.05) is 29.7 Å². The summed E-state index contributed by atoms with van der Waals surface area (Å²) >= 11 is 9.53. The Hall–Kier alpha value is -0.780. The third kappa shape index (κ3) is 6.59. The topological polar surface area (TPSA) is 45.7 Å². The number of nitrogens with one attached hydrogen (secondary N) is 2. The minimum absolute atomic E-state index is 0.621. The predicted molar refractivity (Wildman–Crippen MR) is 88.7 cm³/mol. The van der Waals surface area contributed by atoms with Gasteiger partial charge in [-0.2, -0.15) is 0 Å². The second-order valence-corrected chi connectivity index (χ2v) is 5.46. The van der Waals surface area contributed by atoms with E-state index in [4.69, 9.17) is 16.3 Å². The van der Waals surface area contributed by atoms with Crippen molar-refractivity contribution in [2.24, 2.45) is 4.99 Å². The van der Waals surface area contributed by atoms with E-state index in [1.165, 1.54) is 5.56 Å². The second-order valence-electron chi connectivity index (χ2n) is 4.17. The van der Waals surface area contributed by atoms with E-state index >= 15 is 0 Å². The average Bonchev–Trinajstić information content (AvgIpc) is 2.43. The molecule has 0 heterocycles. The molecule has 0 radical (unpaired) electrons. The average molecular weight is 363 g/mol. The number of rotatable bonds is 7. The van der Waals surface area contributed by atoms with Crippen LogP contribution in [0.1, 0.15) is 12.5 Å². The Morgan fingerprint density at radius 1 is 1.40 bits per heavy atom. The van der Waals surface area contributed by atoms with E-state index in [-0.39, 0.29) is 0 Å². The Bertz CT molecular complexity index is 440. The highest BCUT2D eigenvalue weighted by molar-refractivity contribution is 9.10. The van der Waals surface area contributed by atoms with Crippen LogP contribution in [-0.2, 0) is 11.2 Å². The Kier molecular flexibility index (Phi) is 8.65. The van der Waals surface area contributed by atoms with Crippen LogP contribution in [0.4, 0.5) is 0 Å². The molecule has 0 aliphatic heterocycles. The summed E-state index contributed by atoms with van der Waals surface area (Å²) in [6.07, 6.45) is 0.871. The third-order valence-electron chi connectivity index (χ3n) is 2.60. The van der Waals surface area contributed by atoms with Crippen molar-refractivity contribution in [1.29, 1.82) is 0 Å². The van der Waals surface area contributed by atoms with Gasteiger partial charge in [-0.15, -0.1) is 0 Å². The van der Waals surface area contributed by atoms with E-state index < -0.39 is 0 Å². The normalized spacial score (nSPS) is 11.5. The summed E-state index contributed by atoms with van der Waals surface area (Å²) in [5.74, 6) is 0.808. The molecule has 0 aliphatic rings. The molecule has 0 atom stereocenters. The highest BCUT2D eigenvalue weighted by Crippen LogP contribution is 2.21. The molecule has 20 heavy (non-hydrogen) atoms. The van der Waals surface area contributed by atoms with E-state index in [1.807, 2.05) is 25.1 Å². The molecular formula is C14H21BrClN3O. The molecule has 0 unspecified atom stereocenters. The van der Waals surface area contributed by atoms with Crippen molar-refractivity contribution in [2.45, 2.75) is 13.3 Å². The first-order chi connectivity index (χ1) is 9.67. The molecule has 112 valence electrons. The molecule has 0 bridgehead atoms. The lowest BCUT2D eigenvalue weighted by Gasteiger charge is -2.12. The van der Waals surface area contributed by atoms with E-state index in [0.29, 0.717) is 13.2 Å². The minimum atomic E-state index is 0.621. The van der Waals surface area contributed by atoms with E-state index in [2.05, 4.69) is 31.6 Å². The third-order valence-corrected chi connectivity index (χ3v) is 3.61. The van der Waals surface area contributed by atoms with Crippen LogP contribution in [0, 0.1) is 0 Å². The van der Waals surface area contributed by atoms with Gasteiger partial charge in [0.25, 0.3) is 0 Å². The first-order valence-electron chi connectivity index (χ1n) is 6.62. The Labute approximate surface area is 134 Å². The molecule has 1 aromatic carbocycles. The number of halogens is 2. The number of ether oxygens (including phenoxy) is 1. The molecule has 0 spiro atoms. The molecule has 0 saturated heterocycles. The van der Waals surface area contributed by atoms with Crippen LogP contribution in [0.2, 0.25) is 5.02 Å². The predicted octanol–water partition coefficient (Wildman–Crippen LogP) is 2.85. The van der Waals surface area contributed by atoms with Crippen LogP contribution in [0.15, 0.2) is 27.7 Å². The van der Waals surface area contributed by atoms with Gasteiger partial charge in [-0.3, -0.25) is 4.99 Å². The second kappa shape index (κ2) is 10.0. The first-order valence-corrected chi connectivity index (χ1v) is 7.79. The van der Waals surface area contributed by atoms with Gasteiger partial charge >= 0.3 is 0 Å². The van der Waals surface area contributed by atoms with Gasteiger partial charge in [0.2, 0.25) is 0 Å². The highest BCUT2D eigenvalue weighted by atomic mass is 79.9. The number of aliphatic imine (C=N–C) groups is 1. The van der Waals surface area contributed by atoms with Crippen LogP contribution in [0.25, 0.3) is 0 Å². The highest BCUT2D eigenvalue weighted by Gasteiger charge is 2.02. The number of hydrogen-bond donors (Lipinski definition) is 2. The summed E-state index contributed by atoms with van der Waals surface area (Å²) < 4.78 is 6.06. The fourth-order valence-corrected chi connectivity index (χ4v) is 2.28. The van der Waals surface area contributed by atoms with Gasteiger partial charge in [0.15, 0.2) is 5.96 Å². The SMILES string of the molecule is CCNC(=NCCOC)NCCc1cc(Cl)ccc1Br. The number of methoxy groups -OCH3 is 1. The van der Waals surface area contributed by atoms with E-state index in [9.17, 15) is 0 Å². The quantitative estimate of drug-likeness (QED) is 0.445. The van der Waals surface area contributed by atoms with Crippen molar-refractivity contribution in [3.05, 3.63) is 33.3 Å². The number of hydrogen-bond acceptors (Lipinski definition) is 2. The van der Waals surface area contributed by atoms with Crippen molar-refractivity contribution in [1.82, 2.24) is 10.6 Å². The first kappa shape index (κ1) is 17.3.